The standard InChI is InChI=1S/C38H49N5O9/c1-38(2,3)33(41-36(46)49-5)34(45)42-43(21-25-9-13-26(14-10-25)29-8-6-7-18-39-29)22-31(44)30(20-24-11-15-27(48-4)16-12-24)40-37(47)52-32-23-51-35-28(32)17-19-50-35/h6-16,18,28,30-33,35,44H,17,19-23H2,1-5H3,(H,40,47)(H,41,46)(H,42,45). The summed E-state index contributed by atoms with van der Waals surface area (Å²) in [4.78, 5) is 43.8. The quantitative estimate of drug-likeness (QED) is 0.179. The number of aliphatic hydroxyl groups excluding tert-OH is 1. The van der Waals surface area contributed by atoms with Crippen molar-refractivity contribution in [2.45, 2.75) is 70.7 Å². The van der Waals surface area contributed by atoms with Crippen LogP contribution in [0.15, 0.2) is 72.9 Å². The molecule has 6 atom stereocenters. The van der Waals surface area contributed by atoms with Crippen LogP contribution in [0.25, 0.3) is 11.3 Å². The number of hydrogen-bond acceptors (Lipinski definition) is 11. The van der Waals surface area contributed by atoms with Gasteiger partial charge in [0.05, 0.1) is 51.2 Å². The van der Waals surface area contributed by atoms with Crippen LogP contribution in [0, 0.1) is 11.3 Å². The molecule has 0 radical (unpaired) electrons. The molecule has 2 fully saturated rings. The van der Waals surface area contributed by atoms with Gasteiger partial charge in [0.1, 0.15) is 17.9 Å². The number of fused-ring (bicyclic) bond motifs is 1. The summed E-state index contributed by atoms with van der Waals surface area (Å²) >= 11 is 0. The van der Waals surface area contributed by atoms with Crippen molar-refractivity contribution in [2.24, 2.45) is 11.3 Å². The smallest absolute Gasteiger partial charge is 0.407 e. The fraction of sp³-hybridized carbons (Fsp3) is 0.474. The van der Waals surface area contributed by atoms with Crippen LogP contribution in [0.2, 0.25) is 0 Å². The molecule has 3 aromatic rings. The lowest BCUT2D eigenvalue weighted by atomic mass is 9.86. The number of ether oxygens (including phenoxy) is 5. The molecular weight excluding hydrogens is 670 g/mol. The molecule has 3 amide bonds. The molecule has 5 rings (SSSR count). The largest absolute Gasteiger partial charge is 0.497 e. The maximum absolute atomic E-state index is 13.8. The van der Waals surface area contributed by atoms with E-state index in [1.54, 1.807) is 30.4 Å². The summed E-state index contributed by atoms with van der Waals surface area (Å²) in [6, 6.07) is 18.9. The number of amides is 3. The van der Waals surface area contributed by atoms with Crippen LogP contribution in [0.1, 0.15) is 38.3 Å². The Balaban J connectivity index is 1.37. The van der Waals surface area contributed by atoms with E-state index in [4.69, 9.17) is 23.7 Å². The highest BCUT2D eigenvalue weighted by atomic mass is 16.7. The maximum atomic E-state index is 13.8. The first kappa shape index (κ1) is 38.5. The van der Waals surface area contributed by atoms with Crippen LogP contribution in [-0.4, -0.2) is 97.8 Å². The molecule has 6 unspecified atom stereocenters. The predicted molar refractivity (Wildman–Crippen MR) is 191 cm³/mol. The molecule has 14 nitrogen and oxygen atoms in total. The lowest BCUT2D eigenvalue weighted by molar-refractivity contribution is -0.131. The first-order valence-corrected chi connectivity index (χ1v) is 17.3. The zero-order valence-corrected chi connectivity index (χ0v) is 30.2. The van der Waals surface area contributed by atoms with E-state index in [1.165, 1.54) is 7.11 Å². The van der Waals surface area contributed by atoms with Gasteiger partial charge in [0, 0.05) is 24.8 Å². The number of hydrogen-bond donors (Lipinski definition) is 4. The third-order valence-corrected chi connectivity index (χ3v) is 9.17. The van der Waals surface area contributed by atoms with Crippen molar-refractivity contribution in [3.8, 4) is 17.0 Å². The molecule has 2 aliphatic rings. The Kier molecular flexibility index (Phi) is 13.1. The van der Waals surface area contributed by atoms with Crippen LogP contribution >= 0.6 is 0 Å². The van der Waals surface area contributed by atoms with Crippen molar-refractivity contribution in [1.82, 2.24) is 26.1 Å². The summed E-state index contributed by atoms with van der Waals surface area (Å²) < 4.78 is 27.1. The monoisotopic (exact) mass is 719 g/mol. The Labute approximate surface area is 304 Å². The Morgan fingerprint density at radius 3 is 2.35 bits per heavy atom. The van der Waals surface area contributed by atoms with Gasteiger partial charge in [0.25, 0.3) is 5.91 Å². The third kappa shape index (κ3) is 10.4. The highest BCUT2D eigenvalue weighted by molar-refractivity contribution is 5.86. The summed E-state index contributed by atoms with van der Waals surface area (Å²) in [5, 5.41) is 18.9. The van der Waals surface area contributed by atoms with Gasteiger partial charge in [-0.3, -0.25) is 15.2 Å². The average Bonchev–Trinajstić information content (AvgIpc) is 3.76. The van der Waals surface area contributed by atoms with Gasteiger partial charge >= 0.3 is 12.2 Å². The van der Waals surface area contributed by atoms with Gasteiger partial charge in [-0.1, -0.05) is 63.2 Å². The number of pyridine rings is 1. The lowest BCUT2D eigenvalue weighted by Crippen LogP contribution is -2.59. The van der Waals surface area contributed by atoms with Gasteiger partial charge in [-0.2, -0.15) is 0 Å². The van der Waals surface area contributed by atoms with E-state index < -0.39 is 47.8 Å². The van der Waals surface area contributed by atoms with Crippen LogP contribution in [0.5, 0.6) is 5.75 Å². The number of carbonyl (C=O) groups is 3. The van der Waals surface area contributed by atoms with E-state index in [0.29, 0.717) is 12.4 Å². The second-order valence-electron chi connectivity index (χ2n) is 14.0. The average molecular weight is 720 g/mol. The third-order valence-electron chi connectivity index (χ3n) is 9.17. The summed E-state index contributed by atoms with van der Waals surface area (Å²) in [6.07, 6.45) is -0.835. The second-order valence-corrected chi connectivity index (χ2v) is 14.0. The fourth-order valence-electron chi connectivity index (χ4n) is 6.28. The molecule has 14 heteroatoms. The number of aliphatic hydroxyl groups is 1. The van der Waals surface area contributed by atoms with E-state index in [0.717, 1.165) is 28.8 Å². The molecule has 52 heavy (non-hydrogen) atoms. The molecular formula is C38H49N5O9. The first-order valence-electron chi connectivity index (χ1n) is 17.3. The fourth-order valence-corrected chi connectivity index (χ4v) is 6.28. The SMILES string of the molecule is COC(=O)NC(C(=O)NN(Cc1ccc(-c2ccccn2)cc1)CC(O)C(Cc1ccc(OC)cc1)NC(=O)OC1COC2OCCC12)C(C)(C)C. The van der Waals surface area contributed by atoms with E-state index >= 15 is 0 Å². The van der Waals surface area contributed by atoms with Gasteiger partial charge in [-0.25, -0.2) is 14.6 Å². The minimum Gasteiger partial charge on any atom is -0.497 e. The number of alkyl carbamates (subject to hydrolysis) is 2. The molecule has 0 spiro atoms. The number of hydrazine groups is 1. The molecule has 2 aromatic carbocycles. The zero-order valence-electron chi connectivity index (χ0n) is 30.2. The van der Waals surface area contributed by atoms with Gasteiger partial charge in [0.2, 0.25) is 0 Å². The number of carbonyl (C=O) groups excluding carboxylic acids is 3. The van der Waals surface area contributed by atoms with Crippen LogP contribution in [-0.2, 0) is 36.7 Å². The van der Waals surface area contributed by atoms with E-state index in [2.05, 4.69) is 21.0 Å². The molecule has 280 valence electrons. The van der Waals surface area contributed by atoms with E-state index in [1.807, 2.05) is 75.4 Å². The number of methoxy groups -OCH3 is 2. The Hall–Kier alpha value is -4.76. The molecule has 2 aliphatic heterocycles. The topological polar surface area (TPSA) is 170 Å². The number of aromatic nitrogens is 1. The summed E-state index contributed by atoms with van der Waals surface area (Å²) in [5.41, 5.74) is 5.61. The normalized spacial score (nSPS) is 19.9. The second kappa shape index (κ2) is 17.6. The Morgan fingerprint density at radius 1 is 0.962 bits per heavy atom. The molecule has 1 aromatic heterocycles. The van der Waals surface area contributed by atoms with Gasteiger partial charge < -0.3 is 39.4 Å². The predicted octanol–water partition coefficient (Wildman–Crippen LogP) is 3.82. The van der Waals surface area contributed by atoms with Gasteiger partial charge in [-0.15, -0.1) is 0 Å². The number of rotatable bonds is 14. The lowest BCUT2D eigenvalue weighted by Gasteiger charge is -2.34. The summed E-state index contributed by atoms with van der Waals surface area (Å²) in [7, 11) is 2.80. The molecule has 4 N–H and O–H groups in total. The molecule has 2 saturated heterocycles. The van der Waals surface area contributed by atoms with Crippen molar-refractivity contribution in [3.05, 3.63) is 84.1 Å². The van der Waals surface area contributed by atoms with Gasteiger partial charge in [-0.05, 0) is 53.6 Å². The highest BCUT2D eigenvalue weighted by Gasteiger charge is 2.44. The van der Waals surface area contributed by atoms with Crippen LogP contribution in [0.4, 0.5) is 9.59 Å². The van der Waals surface area contributed by atoms with Crippen molar-refractivity contribution in [2.75, 3.05) is 34.0 Å². The summed E-state index contributed by atoms with van der Waals surface area (Å²) in [5.74, 6) is 0.100. The number of nitrogens with one attached hydrogen (secondary N) is 3. The van der Waals surface area contributed by atoms with Crippen molar-refractivity contribution < 1.29 is 43.2 Å². The minimum absolute atomic E-state index is 0.0557. The van der Waals surface area contributed by atoms with Gasteiger partial charge in [0.15, 0.2) is 6.29 Å². The van der Waals surface area contributed by atoms with Crippen molar-refractivity contribution >= 4 is 18.1 Å². The van der Waals surface area contributed by atoms with Crippen molar-refractivity contribution in [1.29, 1.82) is 0 Å². The highest BCUT2D eigenvalue weighted by Crippen LogP contribution is 2.33. The van der Waals surface area contributed by atoms with Crippen LogP contribution in [0.3, 0.4) is 0 Å². The first-order chi connectivity index (χ1) is 24.9. The molecule has 0 aliphatic carbocycles. The molecule has 0 saturated carbocycles. The van der Waals surface area contributed by atoms with Crippen LogP contribution < -0.4 is 20.8 Å². The minimum atomic E-state index is -1.20. The number of nitrogens with zero attached hydrogens (tertiary/aromatic N) is 2. The maximum Gasteiger partial charge on any atom is 0.407 e. The zero-order chi connectivity index (χ0) is 37.3. The van der Waals surface area contributed by atoms with Crippen molar-refractivity contribution in [3.63, 3.8) is 0 Å². The number of benzene rings is 2. The van der Waals surface area contributed by atoms with E-state index in [9.17, 15) is 19.5 Å². The Morgan fingerprint density at radius 2 is 1.69 bits per heavy atom. The summed E-state index contributed by atoms with van der Waals surface area (Å²) in [6.45, 7) is 6.29. The Bertz CT molecular complexity index is 1620. The molecule has 0 bridgehead atoms. The van der Waals surface area contributed by atoms with E-state index in [-0.39, 0.29) is 38.3 Å². The molecule has 3 heterocycles.